The van der Waals surface area contributed by atoms with Gasteiger partial charge in [0.15, 0.2) is 0 Å². The van der Waals surface area contributed by atoms with E-state index >= 15 is 0 Å². The van der Waals surface area contributed by atoms with E-state index in [1.165, 1.54) is 4.31 Å². The number of methoxy groups -OCH3 is 2. The molecule has 1 saturated heterocycles. The molecular formula is C17H18BrNO4S2. The average molecular weight is 444 g/mol. The zero-order chi connectivity index (χ0) is 18.0. The SMILES string of the molecule is COc1ccc(OC)c([C@H]2SCCN2S(=O)(=O)c2ccc(Br)cc2)c1. The van der Waals surface area contributed by atoms with Crippen LogP contribution in [0.2, 0.25) is 0 Å². The van der Waals surface area contributed by atoms with Gasteiger partial charge in [0.1, 0.15) is 11.5 Å². The summed E-state index contributed by atoms with van der Waals surface area (Å²) in [5.41, 5.74) is 0.796. The maximum absolute atomic E-state index is 13.1. The highest BCUT2D eigenvalue weighted by Crippen LogP contribution is 2.45. The minimum Gasteiger partial charge on any atom is -0.497 e. The quantitative estimate of drug-likeness (QED) is 0.700. The van der Waals surface area contributed by atoms with E-state index in [-0.39, 0.29) is 10.3 Å². The van der Waals surface area contributed by atoms with E-state index in [0.717, 1.165) is 15.8 Å². The van der Waals surface area contributed by atoms with Crippen LogP contribution in [-0.4, -0.2) is 39.2 Å². The fourth-order valence-electron chi connectivity index (χ4n) is 2.72. The highest BCUT2D eigenvalue weighted by atomic mass is 79.9. The van der Waals surface area contributed by atoms with Crippen LogP contribution in [0.25, 0.3) is 0 Å². The second-order valence-electron chi connectivity index (χ2n) is 5.40. The molecule has 1 aliphatic heterocycles. The molecule has 0 aromatic heterocycles. The third-order valence-corrected chi connectivity index (χ3v) is 7.76. The highest BCUT2D eigenvalue weighted by Gasteiger charge is 2.38. The topological polar surface area (TPSA) is 55.8 Å². The Balaban J connectivity index is 2.02. The third-order valence-electron chi connectivity index (χ3n) is 3.97. The van der Waals surface area contributed by atoms with Crippen molar-refractivity contribution in [1.82, 2.24) is 4.31 Å². The number of rotatable bonds is 5. The molecule has 3 rings (SSSR count). The molecule has 0 unspecified atom stereocenters. The standard InChI is InChI=1S/C17H18BrNO4S2/c1-22-13-5-8-16(23-2)15(11-13)17-19(9-10-24-17)25(20,21)14-6-3-12(18)4-7-14/h3-8,11,17H,9-10H2,1-2H3/t17-/m1/s1. The first-order valence-corrected chi connectivity index (χ1v) is 10.9. The second kappa shape index (κ2) is 7.57. The normalized spacial score (nSPS) is 18.3. The van der Waals surface area contributed by atoms with Gasteiger partial charge in [0, 0.05) is 22.3 Å². The molecular weight excluding hydrogens is 426 g/mol. The Kier molecular flexibility index (Phi) is 5.62. The number of benzene rings is 2. The zero-order valence-corrected chi connectivity index (χ0v) is 17.0. The summed E-state index contributed by atoms with van der Waals surface area (Å²) in [6, 6.07) is 12.1. The van der Waals surface area contributed by atoms with E-state index in [1.54, 1.807) is 62.4 Å². The van der Waals surface area contributed by atoms with Gasteiger partial charge < -0.3 is 9.47 Å². The van der Waals surface area contributed by atoms with E-state index in [4.69, 9.17) is 9.47 Å². The number of thioether (sulfide) groups is 1. The van der Waals surface area contributed by atoms with Crippen LogP contribution in [0.3, 0.4) is 0 Å². The van der Waals surface area contributed by atoms with Gasteiger partial charge in [0.2, 0.25) is 10.0 Å². The number of nitrogens with zero attached hydrogens (tertiary/aromatic N) is 1. The zero-order valence-electron chi connectivity index (χ0n) is 13.8. The summed E-state index contributed by atoms with van der Waals surface area (Å²) in [6.07, 6.45) is 0. The van der Waals surface area contributed by atoms with Crippen LogP contribution in [0.4, 0.5) is 0 Å². The summed E-state index contributed by atoms with van der Waals surface area (Å²) in [7, 11) is -0.433. The van der Waals surface area contributed by atoms with Gasteiger partial charge in [-0.15, -0.1) is 11.8 Å². The first-order chi connectivity index (χ1) is 12.0. The first-order valence-electron chi connectivity index (χ1n) is 7.58. The average Bonchev–Trinajstić information content (AvgIpc) is 3.12. The maximum atomic E-state index is 13.1. The minimum absolute atomic E-state index is 0.282. The molecule has 2 aromatic rings. The van der Waals surface area contributed by atoms with E-state index in [9.17, 15) is 8.42 Å². The van der Waals surface area contributed by atoms with Crippen molar-refractivity contribution in [3.63, 3.8) is 0 Å². The lowest BCUT2D eigenvalue weighted by molar-refractivity contribution is 0.382. The molecule has 1 heterocycles. The van der Waals surface area contributed by atoms with Gasteiger partial charge in [-0.1, -0.05) is 15.9 Å². The molecule has 0 aliphatic carbocycles. The van der Waals surface area contributed by atoms with Crippen LogP contribution >= 0.6 is 27.7 Å². The number of hydrogen-bond acceptors (Lipinski definition) is 5. The van der Waals surface area contributed by atoms with Crippen LogP contribution in [0.15, 0.2) is 51.8 Å². The van der Waals surface area contributed by atoms with Gasteiger partial charge in [0.25, 0.3) is 0 Å². The molecule has 0 spiro atoms. The maximum Gasteiger partial charge on any atom is 0.244 e. The predicted octanol–water partition coefficient (Wildman–Crippen LogP) is 3.90. The van der Waals surface area contributed by atoms with Gasteiger partial charge in [-0.25, -0.2) is 8.42 Å². The van der Waals surface area contributed by atoms with Crippen molar-refractivity contribution in [3.8, 4) is 11.5 Å². The van der Waals surface area contributed by atoms with Gasteiger partial charge >= 0.3 is 0 Å². The summed E-state index contributed by atoms with van der Waals surface area (Å²) in [6.45, 7) is 0.452. The molecule has 2 aromatic carbocycles. The Morgan fingerprint density at radius 3 is 2.48 bits per heavy atom. The van der Waals surface area contributed by atoms with Crippen LogP contribution < -0.4 is 9.47 Å². The lowest BCUT2D eigenvalue weighted by atomic mass is 10.2. The van der Waals surface area contributed by atoms with Crippen molar-refractivity contribution >= 4 is 37.7 Å². The van der Waals surface area contributed by atoms with Crippen molar-refractivity contribution < 1.29 is 17.9 Å². The fourth-order valence-corrected chi connectivity index (χ4v) is 6.23. The number of sulfonamides is 1. The summed E-state index contributed by atoms with van der Waals surface area (Å²) in [5.74, 6) is 2.04. The Labute approximate surface area is 160 Å². The monoisotopic (exact) mass is 443 g/mol. The van der Waals surface area contributed by atoms with Gasteiger partial charge in [0.05, 0.1) is 24.5 Å². The summed E-state index contributed by atoms with van der Waals surface area (Å²) < 4.78 is 39.3. The van der Waals surface area contributed by atoms with Crippen LogP contribution in [0, 0.1) is 0 Å². The molecule has 1 aliphatic rings. The van der Waals surface area contributed by atoms with Crippen LogP contribution in [0.5, 0.6) is 11.5 Å². The number of ether oxygens (including phenoxy) is 2. The molecule has 1 fully saturated rings. The molecule has 1 atom stereocenters. The second-order valence-corrected chi connectivity index (χ2v) is 9.40. The smallest absolute Gasteiger partial charge is 0.244 e. The molecule has 0 bridgehead atoms. The Hall–Kier alpha value is -1.22. The molecule has 0 radical (unpaired) electrons. The first kappa shape index (κ1) is 18.6. The molecule has 5 nitrogen and oxygen atoms in total. The van der Waals surface area contributed by atoms with E-state index in [2.05, 4.69) is 15.9 Å². The van der Waals surface area contributed by atoms with Crippen molar-refractivity contribution in [1.29, 1.82) is 0 Å². The minimum atomic E-state index is -3.60. The van der Waals surface area contributed by atoms with Gasteiger partial charge in [-0.05, 0) is 42.5 Å². The van der Waals surface area contributed by atoms with Crippen molar-refractivity contribution in [3.05, 3.63) is 52.5 Å². The molecule has 0 amide bonds. The van der Waals surface area contributed by atoms with Crippen LogP contribution in [0.1, 0.15) is 10.9 Å². The Morgan fingerprint density at radius 2 is 1.84 bits per heavy atom. The van der Waals surface area contributed by atoms with E-state index in [1.807, 2.05) is 6.07 Å². The summed E-state index contributed by atoms with van der Waals surface area (Å²) >= 11 is 4.91. The largest absolute Gasteiger partial charge is 0.497 e. The Bertz CT molecular complexity index is 855. The molecule has 0 saturated carbocycles. The van der Waals surface area contributed by atoms with Crippen molar-refractivity contribution in [2.75, 3.05) is 26.5 Å². The Morgan fingerprint density at radius 1 is 1.12 bits per heavy atom. The summed E-state index contributed by atoms with van der Waals surface area (Å²) in [4.78, 5) is 0.282. The third kappa shape index (κ3) is 3.67. The number of halogens is 1. The lowest BCUT2D eigenvalue weighted by Gasteiger charge is -2.25. The predicted molar refractivity (Wildman–Crippen MR) is 103 cm³/mol. The lowest BCUT2D eigenvalue weighted by Crippen LogP contribution is -2.30. The van der Waals surface area contributed by atoms with E-state index < -0.39 is 10.0 Å². The number of hydrogen-bond donors (Lipinski definition) is 0. The molecule has 0 N–H and O–H groups in total. The van der Waals surface area contributed by atoms with Crippen LogP contribution in [-0.2, 0) is 10.0 Å². The summed E-state index contributed by atoms with van der Waals surface area (Å²) in [5, 5.41) is -0.348. The van der Waals surface area contributed by atoms with Crippen molar-refractivity contribution in [2.45, 2.75) is 10.3 Å². The van der Waals surface area contributed by atoms with Gasteiger partial charge in [-0.3, -0.25) is 0 Å². The molecule has 134 valence electrons. The highest BCUT2D eigenvalue weighted by molar-refractivity contribution is 9.10. The fraction of sp³-hybridized carbons (Fsp3) is 0.294. The molecule has 8 heteroatoms. The molecule has 25 heavy (non-hydrogen) atoms. The van der Waals surface area contributed by atoms with Crippen molar-refractivity contribution in [2.24, 2.45) is 0 Å². The van der Waals surface area contributed by atoms with Gasteiger partial charge in [-0.2, -0.15) is 4.31 Å². The van der Waals surface area contributed by atoms with E-state index in [0.29, 0.717) is 18.0 Å².